The number of halogens is 1. The van der Waals surface area contributed by atoms with E-state index < -0.39 is 11.5 Å². The Balaban J connectivity index is 2.26. The maximum absolute atomic E-state index is 12.9. The van der Waals surface area contributed by atoms with Crippen LogP contribution in [0.4, 0.5) is 0 Å². The number of hydrogen-bond donors (Lipinski definition) is 0. The van der Waals surface area contributed by atoms with E-state index in [0.29, 0.717) is 10.7 Å². The van der Waals surface area contributed by atoms with E-state index in [1.807, 2.05) is 0 Å². The van der Waals surface area contributed by atoms with Crippen molar-refractivity contribution in [3.63, 3.8) is 0 Å². The van der Waals surface area contributed by atoms with Gasteiger partial charge in [0.1, 0.15) is 28.6 Å². The van der Waals surface area contributed by atoms with Gasteiger partial charge >= 0.3 is 5.97 Å². The third-order valence-electron chi connectivity index (χ3n) is 3.59. The highest BCUT2D eigenvalue weighted by molar-refractivity contribution is 6.32. The molecule has 0 atom stereocenters. The Morgan fingerprint density at radius 1 is 1.26 bits per heavy atom. The van der Waals surface area contributed by atoms with E-state index in [-0.39, 0.29) is 22.8 Å². The van der Waals surface area contributed by atoms with Crippen molar-refractivity contribution in [2.45, 2.75) is 0 Å². The predicted molar refractivity (Wildman–Crippen MR) is 98.6 cm³/mol. The molecule has 0 saturated heterocycles. The van der Waals surface area contributed by atoms with Crippen molar-refractivity contribution in [1.82, 2.24) is 9.38 Å². The zero-order valence-corrected chi connectivity index (χ0v) is 14.8. The van der Waals surface area contributed by atoms with Crippen LogP contribution in [0.2, 0.25) is 5.02 Å². The number of esters is 1. The Morgan fingerprint density at radius 2 is 2.00 bits per heavy atom. The molecule has 0 amide bonds. The van der Waals surface area contributed by atoms with Crippen LogP contribution in [-0.4, -0.2) is 22.5 Å². The first kappa shape index (κ1) is 18.2. The summed E-state index contributed by atoms with van der Waals surface area (Å²) in [5.41, 5.74) is -0.630. The molecule has 7 nitrogen and oxygen atoms in total. The average molecular weight is 382 g/mol. The molecule has 3 aromatic rings. The maximum Gasteiger partial charge on any atom is 0.348 e. The lowest BCUT2D eigenvalue weighted by Gasteiger charge is -2.11. The van der Waals surface area contributed by atoms with Crippen LogP contribution in [0.1, 0.15) is 5.56 Å². The number of nitrogens with zero attached hydrogens (tertiary/aromatic N) is 3. The maximum atomic E-state index is 12.9. The molecule has 1 aromatic carbocycles. The molecule has 27 heavy (non-hydrogen) atoms. The van der Waals surface area contributed by atoms with Gasteiger partial charge in [0.15, 0.2) is 0 Å². The number of carbonyl (C=O) groups excluding carboxylic acids is 1. The second-order valence-corrected chi connectivity index (χ2v) is 5.67. The first-order valence-corrected chi connectivity index (χ1v) is 8.07. The lowest BCUT2D eigenvalue weighted by atomic mass is 10.2. The molecule has 0 aliphatic carbocycles. The molecule has 0 saturated carbocycles. The van der Waals surface area contributed by atoms with Crippen molar-refractivity contribution in [3.8, 4) is 17.7 Å². The Hall–Kier alpha value is -3.63. The molecule has 2 aromatic heterocycles. The molecule has 2 heterocycles. The summed E-state index contributed by atoms with van der Waals surface area (Å²) in [6.45, 7) is 0. The number of nitriles is 1. The number of pyridine rings is 1. The summed E-state index contributed by atoms with van der Waals surface area (Å²) >= 11 is 6.11. The number of carbonyl (C=O) groups is 1. The third kappa shape index (κ3) is 3.66. The van der Waals surface area contributed by atoms with Gasteiger partial charge in [-0.25, -0.2) is 4.79 Å². The second-order valence-electron chi connectivity index (χ2n) is 5.26. The number of rotatable bonds is 4. The largest absolute Gasteiger partial charge is 0.465 e. The van der Waals surface area contributed by atoms with E-state index in [2.05, 4.69) is 9.72 Å². The average Bonchev–Trinajstić information content (AvgIpc) is 2.69. The van der Waals surface area contributed by atoms with Crippen molar-refractivity contribution in [3.05, 3.63) is 75.2 Å². The van der Waals surface area contributed by atoms with Crippen molar-refractivity contribution in [1.29, 1.82) is 5.26 Å². The molecule has 0 aliphatic heterocycles. The smallest absolute Gasteiger partial charge is 0.348 e. The third-order valence-corrected chi connectivity index (χ3v) is 3.90. The number of aromatic nitrogens is 2. The van der Waals surface area contributed by atoms with E-state index in [1.54, 1.807) is 48.5 Å². The van der Waals surface area contributed by atoms with E-state index >= 15 is 0 Å². The van der Waals surface area contributed by atoms with Crippen LogP contribution in [0.3, 0.4) is 0 Å². The molecule has 0 spiro atoms. The number of benzene rings is 1. The van der Waals surface area contributed by atoms with Crippen LogP contribution in [0.5, 0.6) is 11.6 Å². The van der Waals surface area contributed by atoms with Crippen LogP contribution >= 0.6 is 11.6 Å². The van der Waals surface area contributed by atoms with Gasteiger partial charge in [-0.1, -0.05) is 29.8 Å². The Bertz CT molecular complexity index is 1160. The van der Waals surface area contributed by atoms with Gasteiger partial charge in [-0.3, -0.25) is 9.20 Å². The Labute approximate surface area is 158 Å². The summed E-state index contributed by atoms with van der Waals surface area (Å²) in [5, 5.41) is 9.52. The first-order valence-electron chi connectivity index (χ1n) is 7.69. The molecule has 0 unspecified atom stereocenters. The fraction of sp³-hybridized carbons (Fsp3) is 0.0526. The molecule has 0 bridgehead atoms. The van der Waals surface area contributed by atoms with Gasteiger partial charge in [0, 0.05) is 6.20 Å². The number of para-hydroxylation sites is 1. The minimum Gasteiger partial charge on any atom is -0.465 e. The SMILES string of the molecule is COC(=O)C(C#N)=Cc1c(Oc2ccccc2Cl)nc2ccccn2c1=O. The molecule has 0 N–H and O–H groups in total. The highest BCUT2D eigenvalue weighted by Crippen LogP contribution is 2.29. The van der Waals surface area contributed by atoms with Gasteiger partial charge in [0.25, 0.3) is 5.56 Å². The van der Waals surface area contributed by atoms with Crippen molar-refractivity contribution < 1.29 is 14.3 Å². The Kier molecular flexibility index (Phi) is 5.20. The lowest BCUT2D eigenvalue weighted by molar-refractivity contribution is -0.135. The number of methoxy groups -OCH3 is 1. The highest BCUT2D eigenvalue weighted by Gasteiger charge is 2.18. The quantitative estimate of drug-likeness (QED) is 0.391. The molecular formula is C19H12ClN3O4. The Morgan fingerprint density at radius 3 is 2.70 bits per heavy atom. The van der Waals surface area contributed by atoms with Gasteiger partial charge in [0.2, 0.25) is 5.88 Å². The standard InChI is InChI=1S/C19H12ClN3O4/c1-26-19(25)12(11-21)10-13-17(27-15-7-3-2-6-14(15)20)22-16-8-4-5-9-23(16)18(13)24/h2-10H,1H3. The summed E-state index contributed by atoms with van der Waals surface area (Å²) in [4.78, 5) is 29.0. The minimum absolute atomic E-state index is 0.0828. The van der Waals surface area contributed by atoms with Crippen LogP contribution in [0, 0.1) is 11.3 Å². The molecule has 0 fully saturated rings. The molecule has 0 radical (unpaired) electrons. The monoisotopic (exact) mass is 381 g/mol. The van der Waals surface area contributed by atoms with Gasteiger partial charge in [-0.2, -0.15) is 10.2 Å². The topological polar surface area (TPSA) is 93.7 Å². The lowest BCUT2D eigenvalue weighted by Crippen LogP contribution is -2.19. The van der Waals surface area contributed by atoms with E-state index in [9.17, 15) is 14.9 Å². The summed E-state index contributed by atoms with van der Waals surface area (Å²) < 4.78 is 11.6. The minimum atomic E-state index is -0.876. The number of fused-ring (bicyclic) bond motifs is 1. The first-order chi connectivity index (χ1) is 13.0. The van der Waals surface area contributed by atoms with Gasteiger partial charge in [-0.05, 0) is 30.3 Å². The molecular weight excluding hydrogens is 370 g/mol. The van der Waals surface area contributed by atoms with E-state index in [0.717, 1.165) is 13.2 Å². The van der Waals surface area contributed by atoms with E-state index in [4.69, 9.17) is 16.3 Å². The van der Waals surface area contributed by atoms with Gasteiger partial charge in [0.05, 0.1) is 12.1 Å². The summed E-state index contributed by atoms with van der Waals surface area (Å²) in [7, 11) is 1.14. The van der Waals surface area contributed by atoms with Gasteiger partial charge < -0.3 is 9.47 Å². The zero-order valence-electron chi connectivity index (χ0n) is 14.0. The fourth-order valence-electron chi connectivity index (χ4n) is 2.31. The van der Waals surface area contributed by atoms with Crippen LogP contribution in [0.25, 0.3) is 11.7 Å². The molecule has 3 rings (SSSR count). The summed E-state index contributed by atoms with van der Waals surface area (Å²) in [6.07, 6.45) is 2.61. The van der Waals surface area contributed by atoms with Gasteiger partial charge in [-0.15, -0.1) is 0 Å². The van der Waals surface area contributed by atoms with Crippen molar-refractivity contribution in [2.75, 3.05) is 7.11 Å². The number of ether oxygens (including phenoxy) is 2. The highest BCUT2D eigenvalue weighted by atomic mass is 35.5. The van der Waals surface area contributed by atoms with Crippen LogP contribution in [-0.2, 0) is 9.53 Å². The van der Waals surface area contributed by atoms with Crippen LogP contribution < -0.4 is 10.3 Å². The normalized spacial score (nSPS) is 11.1. The van der Waals surface area contributed by atoms with Crippen molar-refractivity contribution >= 4 is 29.3 Å². The van der Waals surface area contributed by atoms with Crippen LogP contribution in [0.15, 0.2) is 59.0 Å². The molecule has 8 heteroatoms. The molecule has 0 aliphatic rings. The summed E-state index contributed by atoms with van der Waals surface area (Å²) in [6, 6.07) is 13.4. The number of hydrogen-bond acceptors (Lipinski definition) is 6. The second kappa shape index (κ2) is 7.72. The predicted octanol–water partition coefficient (Wildman–Crippen LogP) is 3.22. The van der Waals surface area contributed by atoms with E-state index in [1.165, 1.54) is 10.6 Å². The zero-order chi connectivity index (χ0) is 19.4. The fourth-order valence-corrected chi connectivity index (χ4v) is 2.48. The summed E-state index contributed by atoms with van der Waals surface area (Å²) in [5.74, 6) is -0.688. The van der Waals surface area contributed by atoms with Crippen molar-refractivity contribution in [2.24, 2.45) is 0 Å². The molecule has 134 valence electrons.